The molecular weight excluding hydrogens is 348 g/mol. The Hall–Kier alpha value is -2.38. The van der Waals surface area contributed by atoms with Gasteiger partial charge in [0.1, 0.15) is 0 Å². The summed E-state index contributed by atoms with van der Waals surface area (Å²) in [5.41, 5.74) is 2.50. The highest BCUT2D eigenvalue weighted by Crippen LogP contribution is 2.39. The molecule has 0 bridgehead atoms. The number of rotatable bonds is 1. The van der Waals surface area contributed by atoms with E-state index in [0.29, 0.717) is 28.7 Å². The number of nitrogens with one attached hydrogen (secondary N) is 2. The van der Waals surface area contributed by atoms with Gasteiger partial charge >= 0.3 is 6.03 Å². The van der Waals surface area contributed by atoms with Gasteiger partial charge in [-0.15, -0.1) is 11.3 Å². The molecule has 0 unspecified atom stereocenters. The molecule has 2 aliphatic heterocycles. The van der Waals surface area contributed by atoms with Gasteiger partial charge in [0, 0.05) is 29.4 Å². The molecule has 0 spiro atoms. The Bertz CT molecular complexity index is 850. The molecule has 136 valence electrons. The monoisotopic (exact) mass is 370 g/mol. The predicted molar refractivity (Wildman–Crippen MR) is 104 cm³/mol. The Morgan fingerprint density at radius 1 is 1.27 bits per heavy atom. The lowest BCUT2D eigenvalue weighted by atomic mass is 9.99. The van der Waals surface area contributed by atoms with Crippen molar-refractivity contribution in [3.05, 3.63) is 40.6 Å². The second-order valence-corrected chi connectivity index (χ2v) is 7.72. The molecule has 0 saturated carbocycles. The number of carbonyl (C=O) groups excluding carboxylic acids is 2. The maximum atomic E-state index is 13.2. The van der Waals surface area contributed by atoms with Crippen LogP contribution in [0.15, 0.2) is 35.0 Å². The zero-order chi connectivity index (χ0) is 18.3. The first-order valence-corrected chi connectivity index (χ1v) is 9.76. The van der Waals surface area contributed by atoms with Crippen molar-refractivity contribution in [2.45, 2.75) is 31.8 Å². The quantitative estimate of drug-likeness (QED) is 0.805. The fourth-order valence-electron chi connectivity index (χ4n) is 3.61. The summed E-state index contributed by atoms with van der Waals surface area (Å²) in [6.45, 7) is 3.14. The number of nitrogens with zero attached hydrogens (tertiary/aromatic N) is 2. The zero-order valence-corrected chi connectivity index (χ0v) is 15.7. The van der Waals surface area contributed by atoms with Crippen LogP contribution in [0.25, 0.3) is 0 Å². The number of benzene rings is 1. The van der Waals surface area contributed by atoms with E-state index in [1.807, 2.05) is 29.6 Å². The number of anilines is 3. The van der Waals surface area contributed by atoms with E-state index in [9.17, 15) is 9.59 Å². The van der Waals surface area contributed by atoms with Crippen LogP contribution >= 0.6 is 11.3 Å². The second-order valence-electron chi connectivity index (χ2n) is 6.98. The van der Waals surface area contributed by atoms with Crippen LogP contribution in [0.4, 0.5) is 21.9 Å². The molecule has 2 atom stereocenters. The minimum Gasteiger partial charge on any atom is -0.335 e. The van der Waals surface area contributed by atoms with Crippen molar-refractivity contribution in [3.63, 3.8) is 0 Å². The number of hydrogen-bond acceptors (Lipinski definition) is 4. The van der Waals surface area contributed by atoms with Crippen LogP contribution in [0.3, 0.4) is 0 Å². The predicted octanol–water partition coefficient (Wildman–Crippen LogP) is 3.64. The van der Waals surface area contributed by atoms with Gasteiger partial charge in [-0.25, -0.2) is 4.79 Å². The molecule has 1 saturated heterocycles. The number of amides is 3. The Balaban J connectivity index is 1.66. The maximum absolute atomic E-state index is 13.2. The van der Waals surface area contributed by atoms with E-state index in [-0.39, 0.29) is 18.0 Å². The van der Waals surface area contributed by atoms with Gasteiger partial charge in [-0.1, -0.05) is 12.1 Å². The summed E-state index contributed by atoms with van der Waals surface area (Å²) in [5, 5.41) is 9.73. The molecule has 7 heteroatoms. The first-order valence-electron chi connectivity index (χ1n) is 8.82. The lowest BCUT2D eigenvalue weighted by Crippen LogP contribution is -2.50. The summed E-state index contributed by atoms with van der Waals surface area (Å²) < 4.78 is 0. The smallest absolute Gasteiger partial charge is 0.326 e. The van der Waals surface area contributed by atoms with Crippen LogP contribution in [0.1, 0.15) is 30.1 Å². The Morgan fingerprint density at radius 3 is 2.88 bits per heavy atom. The average Bonchev–Trinajstić information content (AvgIpc) is 3.05. The van der Waals surface area contributed by atoms with E-state index in [0.717, 1.165) is 19.4 Å². The zero-order valence-electron chi connectivity index (χ0n) is 14.9. The van der Waals surface area contributed by atoms with Crippen LogP contribution in [0.5, 0.6) is 0 Å². The first kappa shape index (κ1) is 17.1. The summed E-state index contributed by atoms with van der Waals surface area (Å²) in [4.78, 5) is 29.6. The van der Waals surface area contributed by atoms with Crippen LogP contribution in [0, 0.1) is 0 Å². The normalized spacial score (nSPS) is 22.8. The highest BCUT2D eigenvalue weighted by Gasteiger charge is 2.32. The lowest BCUT2D eigenvalue weighted by Gasteiger charge is -2.36. The van der Waals surface area contributed by atoms with Crippen molar-refractivity contribution in [1.29, 1.82) is 0 Å². The number of piperidine rings is 1. The molecule has 0 radical (unpaired) electrons. The lowest BCUT2D eigenvalue weighted by molar-refractivity contribution is 0.102. The number of urea groups is 1. The molecule has 2 N–H and O–H groups in total. The molecule has 2 aliphatic rings. The third-order valence-corrected chi connectivity index (χ3v) is 5.99. The van der Waals surface area contributed by atoms with Gasteiger partial charge in [0.15, 0.2) is 0 Å². The Morgan fingerprint density at radius 2 is 2.08 bits per heavy atom. The molecule has 1 aromatic carbocycles. The van der Waals surface area contributed by atoms with E-state index in [1.165, 1.54) is 11.3 Å². The number of likely N-dealkylation sites (tertiary alicyclic amines) is 1. The van der Waals surface area contributed by atoms with Crippen LogP contribution in [-0.4, -0.2) is 42.5 Å². The fraction of sp³-hybridized carbons (Fsp3) is 0.368. The Kier molecular flexibility index (Phi) is 4.42. The van der Waals surface area contributed by atoms with Gasteiger partial charge < -0.3 is 15.5 Å². The van der Waals surface area contributed by atoms with E-state index in [1.54, 1.807) is 10.3 Å². The van der Waals surface area contributed by atoms with Crippen molar-refractivity contribution >= 4 is 40.3 Å². The van der Waals surface area contributed by atoms with Gasteiger partial charge in [0.25, 0.3) is 5.91 Å². The second kappa shape index (κ2) is 6.74. The summed E-state index contributed by atoms with van der Waals surface area (Å²) in [6.07, 6.45) is 1.85. The molecule has 1 fully saturated rings. The van der Waals surface area contributed by atoms with Crippen molar-refractivity contribution in [3.8, 4) is 0 Å². The molecule has 6 nitrogen and oxygen atoms in total. The molecule has 2 aromatic rings. The number of hydrogen-bond donors (Lipinski definition) is 2. The van der Waals surface area contributed by atoms with Crippen LogP contribution < -0.4 is 15.5 Å². The molecule has 26 heavy (non-hydrogen) atoms. The van der Waals surface area contributed by atoms with E-state index in [4.69, 9.17) is 0 Å². The topological polar surface area (TPSA) is 64.7 Å². The van der Waals surface area contributed by atoms with Gasteiger partial charge in [0.05, 0.1) is 22.6 Å². The molecule has 3 heterocycles. The van der Waals surface area contributed by atoms with Gasteiger partial charge in [-0.05, 0) is 38.9 Å². The molecule has 4 rings (SSSR count). The van der Waals surface area contributed by atoms with E-state index in [2.05, 4.69) is 29.5 Å². The molecule has 3 amide bonds. The highest BCUT2D eigenvalue weighted by atomic mass is 32.1. The highest BCUT2D eigenvalue weighted by molar-refractivity contribution is 7.08. The van der Waals surface area contributed by atoms with Crippen molar-refractivity contribution in [2.24, 2.45) is 0 Å². The van der Waals surface area contributed by atoms with Gasteiger partial charge in [-0.2, -0.15) is 0 Å². The summed E-state index contributed by atoms with van der Waals surface area (Å²) >= 11 is 1.42. The van der Waals surface area contributed by atoms with Crippen molar-refractivity contribution in [2.75, 3.05) is 23.8 Å². The molecule has 0 aliphatic carbocycles. The molecular formula is C19H22N4O2S. The maximum Gasteiger partial charge on any atom is 0.326 e. The summed E-state index contributed by atoms with van der Waals surface area (Å²) in [6, 6.07) is 7.79. The first-order chi connectivity index (χ1) is 12.5. The third kappa shape index (κ3) is 2.97. The third-order valence-electron chi connectivity index (χ3n) is 5.26. The van der Waals surface area contributed by atoms with Gasteiger partial charge in [0.2, 0.25) is 0 Å². The summed E-state index contributed by atoms with van der Waals surface area (Å²) in [5.74, 6) is -0.183. The average molecular weight is 370 g/mol. The molecule has 1 aromatic heterocycles. The van der Waals surface area contributed by atoms with Crippen LogP contribution in [0.2, 0.25) is 0 Å². The minimum atomic E-state index is -0.185. The van der Waals surface area contributed by atoms with Gasteiger partial charge in [-0.3, -0.25) is 9.69 Å². The number of thiophene rings is 1. The SMILES string of the molecule is C[C@H]1C[C@H](NC(=O)N2c3ccccc3NC(=O)c3cscc32)CCN1C. The Labute approximate surface area is 156 Å². The van der Waals surface area contributed by atoms with E-state index < -0.39 is 0 Å². The standard InChI is InChI=1S/C19H22N4O2S/c1-12-9-13(7-8-22(12)2)20-19(25)23-16-6-4-3-5-15(16)21-18(24)14-10-26-11-17(14)23/h3-6,10-13H,7-9H2,1-2H3,(H,20,25)(H,21,24)/t12-,13+/m0/s1. The number of fused-ring (bicyclic) bond motifs is 2. The van der Waals surface area contributed by atoms with Crippen LogP contribution in [-0.2, 0) is 0 Å². The van der Waals surface area contributed by atoms with Crippen molar-refractivity contribution < 1.29 is 9.59 Å². The minimum absolute atomic E-state index is 0.134. The number of para-hydroxylation sites is 2. The summed E-state index contributed by atoms with van der Waals surface area (Å²) in [7, 11) is 2.11. The number of carbonyl (C=O) groups is 2. The fourth-order valence-corrected chi connectivity index (χ4v) is 4.40. The van der Waals surface area contributed by atoms with Crippen molar-refractivity contribution in [1.82, 2.24) is 10.2 Å². The van der Waals surface area contributed by atoms with E-state index >= 15 is 0 Å². The largest absolute Gasteiger partial charge is 0.335 e.